The van der Waals surface area contributed by atoms with Gasteiger partial charge in [-0.3, -0.25) is 5.41 Å². The van der Waals surface area contributed by atoms with Crippen LogP contribution in [0.15, 0.2) is 35.7 Å². The second-order valence-electron chi connectivity index (χ2n) is 7.83. The normalized spacial score (nSPS) is 24.3. The Morgan fingerprint density at radius 2 is 2.07 bits per heavy atom. The molecule has 4 rings (SSSR count). The summed E-state index contributed by atoms with van der Waals surface area (Å²) in [5.41, 5.74) is 3.70. The average Bonchev–Trinajstić information content (AvgIpc) is 3.36. The Morgan fingerprint density at radius 1 is 1.22 bits per heavy atom. The van der Waals surface area contributed by atoms with E-state index in [9.17, 15) is 0 Å². The molecule has 0 saturated heterocycles. The van der Waals surface area contributed by atoms with Crippen molar-refractivity contribution >= 4 is 28.5 Å². The first-order valence-corrected chi connectivity index (χ1v) is 11.1. The molecule has 2 aromatic rings. The molecule has 2 heterocycles. The summed E-state index contributed by atoms with van der Waals surface area (Å²) in [5.74, 6) is 1.90. The van der Waals surface area contributed by atoms with E-state index >= 15 is 0 Å². The van der Waals surface area contributed by atoms with E-state index in [1.807, 2.05) is 17.5 Å². The third-order valence-corrected chi connectivity index (χ3v) is 6.91. The van der Waals surface area contributed by atoms with Crippen molar-refractivity contribution < 1.29 is 0 Å². The summed E-state index contributed by atoms with van der Waals surface area (Å²) >= 11 is 1.59. The van der Waals surface area contributed by atoms with Crippen LogP contribution < -0.4 is 16.0 Å². The molecule has 1 aromatic carbocycles. The first kappa shape index (κ1) is 18.5. The molecule has 144 valence electrons. The number of benzene rings is 1. The lowest BCUT2D eigenvalue weighted by molar-refractivity contribution is 0.265. The number of nitrogens with one attached hydrogen (secondary N) is 4. The van der Waals surface area contributed by atoms with Crippen LogP contribution in [-0.2, 0) is 0 Å². The molecule has 5 heteroatoms. The van der Waals surface area contributed by atoms with Gasteiger partial charge in [0.05, 0.1) is 4.88 Å². The summed E-state index contributed by atoms with van der Waals surface area (Å²) in [6.07, 6.45) is 6.51. The number of thiophene rings is 1. The highest BCUT2D eigenvalue weighted by Gasteiger charge is 2.32. The highest BCUT2D eigenvalue weighted by atomic mass is 32.1. The van der Waals surface area contributed by atoms with Gasteiger partial charge in [0.15, 0.2) is 0 Å². The van der Waals surface area contributed by atoms with Gasteiger partial charge < -0.3 is 16.0 Å². The monoisotopic (exact) mass is 382 g/mol. The van der Waals surface area contributed by atoms with Crippen molar-refractivity contribution in [2.75, 3.05) is 23.7 Å². The zero-order valence-electron chi connectivity index (χ0n) is 16.1. The molecular formula is C22H30N4S. The van der Waals surface area contributed by atoms with Gasteiger partial charge in [-0.2, -0.15) is 0 Å². The minimum absolute atomic E-state index is 0.470. The number of amidine groups is 1. The van der Waals surface area contributed by atoms with Crippen LogP contribution in [0.25, 0.3) is 0 Å². The Hall–Kier alpha value is -1.85. The Bertz CT molecular complexity index is 763. The maximum Gasteiger partial charge on any atom is 0.140 e. The Morgan fingerprint density at radius 3 is 2.81 bits per heavy atom. The molecule has 0 bridgehead atoms. The summed E-state index contributed by atoms with van der Waals surface area (Å²) in [5, 5.41) is 20.8. The minimum Gasteiger partial charge on any atom is -0.384 e. The number of fused-ring (bicyclic) bond motifs is 1. The van der Waals surface area contributed by atoms with E-state index in [2.05, 4.69) is 41.1 Å². The molecule has 1 aromatic heterocycles. The van der Waals surface area contributed by atoms with Crippen LogP contribution in [0.1, 0.15) is 55.4 Å². The van der Waals surface area contributed by atoms with Crippen LogP contribution in [0.2, 0.25) is 0 Å². The van der Waals surface area contributed by atoms with Crippen LogP contribution in [0, 0.1) is 11.3 Å². The largest absolute Gasteiger partial charge is 0.384 e. The summed E-state index contributed by atoms with van der Waals surface area (Å²) in [6, 6.07) is 11.3. The minimum atomic E-state index is 0.470. The third kappa shape index (κ3) is 4.19. The lowest BCUT2D eigenvalue weighted by Crippen LogP contribution is -2.35. The molecule has 1 atom stereocenters. The third-order valence-electron chi connectivity index (χ3n) is 6.03. The van der Waals surface area contributed by atoms with Crippen LogP contribution in [0.3, 0.4) is 0 Å². The van der Waals surface area contributed by atoms with E-state index in [0.29, 0.717) is 11.8 Å². The first-order valence-electron chi connectivity index (χ1n) is 10.2. The van der Waals surface area contributed by atoms with Gasteiger partial charge in [-0.05, 0) is 73.7 Å². The van der Waals surface area contributed by atoms with Gasteiger partial charge in [0.1, 0.15) is 5.84 Å². The van der Waals surface area contributed by atoms with Gasteiger partial charge in [-0.1, -0.05) is 19.1 Å². The number of hydrogen-bond donors (Lipinski definition) is 4. The highest BCUT2D eigenvalue weighted by Crippen LogP contribution is 2.43. The molecule has 2 aliphatic rings. The molecule has 1 unspecified atom stereocenters. The zero-order valence-corrected chi connectivity index (χ0v) is 16.9. The molecule has 1 saturated carbocycles. The molecular weight excluding hydrogens is 352 g/mol. The van der Waals surface area contributed by atoms with Gasteiger partial charge >= 0.3 is 0 Å². The first-order chi connectivity index (χ1) is 13.2. The van der Waals surface area contributed by atoms with E-state index in [1.165, 1.54) is 43.4 Å². The predicted octanol–water partition coefficient (Wildman–Crippen LogP) is 5.25. The summed E-state index contributed by atoms with van der Waals surface area (Å²) in [4.78, 5) is 0.967. The van der Waals surface area contributed by atoms with Crippen molar-refractivity contribution in [2.24, 2.45) is 5.92 Å². The van der Waals surface area contributed by atoms with Gasteiger partial charge in [-0.15, -0.1) is 11.3 Å². The molecule has 0 spiro atoms. The Labute approximate surface area is 166 Å². The molecule has 1 fully saturated rings. The molecule has 1 aliphatic carbocycles. The van der Waals surface area contributed by atoms with Crippen LogP contribution in [0.5, 0.6) is 0 Å². The van der Waals surface area contributed by atoms with Gasteiger partial charge in [0.25, 0.3) is 0 Å². The zero-order chi connectivity index (χ0) is 18.6. The van der Waals surface area contributed by atoms with Crippen LogP contribution in [-0.4, -0.2) is 25.0 Å². The fraction of sp³-hybridized carbons (Fsp3) is 0.500. The van der Waals surface area contributed by atoms with Crippen molar-refractivity contribution in [3.05, 3.63) is 46.2 Å². The summed E-state index contributed by atoms with van der Waals surface area (Å²) < 4.78 is 0. The maximum absolute atomic E-state index is 8.22. The fourth-order valence-electron chi connectivity index (χ4n) is 4.56. The van der Waals surface area contributed by atoms with Gasteiger partial charge in [0, 0.05) is 29.9 Å². The predicted molar refractivity (Wildman–Crippen MR) is 116 cm³/mol. The smallest absolute Gasteiger partial charge is 0.140 e. The number of rotatable bonds is 6. The highest BCUT2D eigenvalue weighted by molar-refractivity contribution is 7.12. The van der Waals surface area contributed by atoms with Crippen molar-refractivity contribution in [3.8, 4) is 0 Å². The van der Waals surface area contributed by atoms with E-state index in [0.717, 1.165) is 35.6 Å². The van der Waals surface area contributed by atoms with Gasteiger partial charge in [0.2, 0.25) is 0 Å². The summed E-state index contributed by atoms with van der Waals surface area (Å²) in [6.45, 7) is 4.45. The number of hydrogen-bond acceptors (Lipinski definition) is 4. The Kier molecular flexibility index (Phi) is 5.79. The van der Waals surface area contributed by atoms with E-state index in [4.69, 9.17) is 5.41 Å². The lowest BCUT2D eigenvalue weighted by atomic mass is 9.76. The molecule has 0 radical (unpaired) electrons. The molecule has 27 heavy (non-hydrogen) atoms. The van der Waals surface area contributed by atoms with Crippen LogP contribution >= 0.6 is 11.3 Å². The van der Waals surface area contributed by atoms with E-state index < -0.39 is 0 Å². The van der Waals surface area contributed by atoms with Crippen LogP contribution in [0.4, 0.5) is 11.4 Å². The van der Waals surface area contributed by atoms with Crippen molar-refractivity contribution in [1.29, 1.82) is 5.41 Å². The molecule has 4 nitrogen and oxygen atoms in total. The second-order valence-corrected chi connectivity index (χ2v) is 8.78. The van der Waals surface area contributed by atoms with Gasteiger partial charge in [-0.25, -0.2) is 0 Å². The van der Waals surface area contributed by atoms with E-state index in [-0.39, 0.29) is 0 Å². The molecule has 1 aliphatic heterocycles. The van der Waals surface area contributed by atoms with E-state index in [1.54, 1.807) is 11.3 Å². The average molecular weight is 383 g/mol. The van der Waals surface area contributed by atoms with Crippen molar-refractivity contribution in [3.63, 3.8) is 0 Å². The quantitative estimate of drug-likeness (QED) is 0.407. The lowest BCUT2D eigenvalue weighted by Gasteiger charge is -2.32. The summed E-state index contributed by atoms with van der Waals surface area (Å²) in [7, 11) is 0. The number of anilines is 2. The molecule has 0 amide bonds. The fourth-order valence-corrected chi connectivity index (χ4v) is 5.19. The van der Waals surface area contributed by atoms with Crippen molar-refractivity contribution in [2.45, 2.75) is 51.0 Å². The Balaban J connectivity index is 1.38. The maximum atomic E-state index is 8.22. The second kappa shape index (κ2) is 8.44. The standard InChI is InChI=1S/C22H30N4S/c1-2-11-24-16-7-5-15(6-8-16)19-14-25-20-13-17(9-10-18(19)20)26-22(23)21-4-3-12-27-21/h3-4,9-10,12-13,15-16,19,24-25H,2,5-8,11,14H2,1H3,(H2,23,26)/t15-,16-,19?. The van der Waals surface area contributed by atoms with Crippen molar-refractivity contribution in [1.82, 2.24) is 5.32 Å². The SMILES string of the molecule is CCCN[C@H]1CC[C@H](C2CNc3cc(NC(=N)c4cccs4)ccc32)CC1. The topological polar surface area (TPSA) is 59.9 Å². The molecule has 4 N–H and O–H groups in total.